The highest BCUT2D eigenvalue weighted by atomic mass is 16.5. The van der Waals surface area contributed by atoms with Gasteiger partial charge in [0.25, 0.3) is 5.91 Å². The van der Waals surface area contributed by atoms with Gasteiger partial charge in [-0.1, -0.05) is 12.1 Å². The number of carbonyl (C=O) groups excluding carboxylic acids is 3. The molecule has 3 rings (SSSR count). The number of hydrogen-bond acceptors (Lipinski definition) is 7. The number of rotatable bonds is 7. The van der Waals surface area contributed by atoms with Crippen LogP contribution in [0, 0.1) is 0 Å². The lowest BCUT2D eigenvalue weighted by Gasteiger charge is -2.27. The lowest BCUT2D eigenvalue weighted by molar-refractivity contribution is -0.139. The van der Waals surface area contributed by atoms with E-state index in [-0.39, 0.29) is 11.3 Å². The van der Waals surface area contributed by atoms with E-state index in [4.69, 9.17) is 9.84 Å². The van der Waals surface area contributed by atoms with Crippen LogP contribution in [0.4, 0.5) is 5.69 Å². The summed E-state index contributed by atoms with van der Waals surface area (Å²) in [6, 6.07) is 11.2. The van der Waals surface area contributed by atoms with E-state index >= 15 is 0 Å². The second kappa shape index (κ2) is 8.70. The third kappa shape index (κ3) is 4.25. The molecule has 9 heteroatoms. The van der Waals surface area contributed by atoms with Gasteiger partial charge in [0.05, 0.1) is 24.3 Å². The number of aliphatic carboxylic acids is 1. The Balaban J connectivity index is 2.00. The molecular weight excluding hydrogens is 406 g/mol. The predicted octanol–water partition coefficient (Wildman–Crippen LogP) is 2.43. The number of ether oxygens (including phenoxy) is 2. The molecule has 1 aliphatic heterocycles. The fourth-order valence-electron chi connectivity index (χ4n) is 3.31. The van der Waals surface area contributed by atoms with E-state index in [0.717, 1.165) is 0 Å². The Kier molecular flexibility index (Phi) is 6.05. The number of hydrogen-bond donors (Lipinski definition) is 2. The highest BCUT2D eigenvalue weighted by Gasteiger charge is 2.43. The smallest absolute Gasteiger partial charge is 0.341 e. The van der Waals surface area contributed by atoms with E-state index in [9.17, 15) is 24.3 Å². The molecule has 160 valence electrons. The van der Waals surface area contributed by atoms with Crippen LogP contribution in [-0.4, -0.2) is 47.6 Å². The van der Waals surface area contributed by atoms with Crippen molar-refractivity contribution in [3.05, 3.63) is 71.0 Å². The number of carboxylic acids is 1. The maximum atomic E-state index is 12.8. The summed E-state index contributed by atoms with van der Waals surface area (Å²) < 4.78 is 9.77. The number of amides is 1. The van der Waals surface area contributed by atoms with Crippen LogP contribution in [0.2, 0.25) is 0 Å². The van der Waals surface area contributed by atoms with Crippen molar-refractivity contribution in [2.45, 2.75) is 13.0 Å². The number of ketones is 1. The highest BCUT2D eigenvalue weighted by molar-refractivity contribution is 6.16. The van der Waals surface area contributed by atoms with Crippen molar-refractivity contribution in [1.82, 2.24) is 0 Å². The Hall–Kier alpha value is -4.14. The van der Waals surface area contributed by atoms with Crippen molar-refractivity contribution in [3.8, 4) is 5.75 Å². The standard InChI is InChI=1S/C22H19NO8/c1-12(24)18-19(13-3-5-14(6-4-13)22(29)30-2)23(21(28)20(18)27)15-7-9-16(10-8-15)31-11-17(25)26/h3-10,19,27H,11H2,1-2H3,(H,25,26)/t19-/m1/s1. The number of methoxy groups -OCH3 is 1. The summed E-state index contributed by atoms with van der Waals surface area (Å²) in [6.07, 6.45) is 0. The Morgan fingerprint density at radius 3 is 2.16 bits per heavy atom. The first-order valence-corrected chi connectivity index (χ1v) is 9.15. The minimum Gasteiger partial charge on any atom is -0.503 e. The van der Waals surface area contributed by atoms with Crippen LogP contribution in [-0.2, 0) is 19.1 Å². The summed E-state index contributed by atoms with van der Waals surface area (Å²) in [5.74, 6) is -3.27. The Morgan fingerprint density at radius 1 is 1.03 bits per heavy atom. The van der Waals surface area contributed by atoms with Gasteiger partial charge in [-0.05, 0) is 48.9 Å². The molecule has 0 saturated carbocycles. The molecule has 2 aromatic rings. The van der Waals surface area contributed by atoms with Crippen LogP contribution in [0.1, 0.15) is 28.9 Å². The Bertz CT molecular complexity index is 1070. The molecule has 1 amide bonds. The molecule has 9 nitrogen and oxygen atoms in total. The molecule has 0 unspecified atom stereocenters. The van der Waals surface area contributed by atoms with Gasteiger partial charge in [0.1, 0.15) is 5.75 Å². The number of nitrogens with zero attached hydrogens (tertiary/aromatic N) is 1. The summed E-state index contributed by atoms with van der Waals surface area (Å²) in [5, 5.41) is 19.1. The maximum Gasteiger partial charge on any atom is 0.341 e. The largest absolute Gasteiger partial charge is 0.503 e. The second-order valence-electron chi connectivity index (χ2n) is 6.69. The lowest BCUT2D eigenvalue weighted by atomic mass is 9.95. The fourth-order valence-corrected chi connectivity index (χ4v) is 3.31. The summed E-state index contributed by atoms with van der Waals surface area (Å²) in [6.45, 7) is 0.731. The first-order valence-electron chi connectivity index (χ1n) is 9.15. The van der Waals surface area contributed by atoms with Gasteiger partial charge in [-0.15, -0.1) is 0 Å². The lowest BCUT2D eigenvalue weighted by Crippen LogP contribution is -2.30. The van der Waals surface area contributed by atoms with Crippen LogP contribution in [0.25, 0.3) is 0 Å². The summed E-state index contributed by atoms with van der Waals surface area (Å²) >= 11 is 0. The highest BCUT2D eigenvalue weighted by Crippen LogP contribution is 2.41. The van der Waals surface area contributed by atoms with Gasteiger partial charge in [0.2, 0.25) is 0 Å². The van der Waals surface area contributed by atoms with Crippen LogP contribution in [0.15, 0.2) is 59.9 Å². The van der Waals surface area contributed by atoms with Crippen molar-refractivity contribution in [3.63, 3.8) is 0 Å². The number of benzene rings is 2. The van der Waals surface area contributed by atoms with Gasteiger partial charge < -0.3 is 19.7 Å². The number of aliphatic hydroxyl groups is 1. The van der Waals surface area contributed by atoms with Crippen molar-refractivity contribution >= 4 is 29.3 Å². The normalized spacial score (nSPS) is 15.7. The summed E-state index contributed by atoms with van der Waals surface area (Å²) in [4.78, 5) is 48.6. The third-order valence-electron chi connectivity index (χ3n) is 4.71. The zero-order chi connectivity index (χ0) is 22.7. The topological polar surface area (TPSA) is 130 Å². The number of carboxylic acid groups (broad SMARTS) is 1. The van der Waals surface area contributed by atoms with E-state index in [1.165, 1.54) is 55.3 Å². The second-order valence-corrected chi connectivity index (χ2v) is 6.69. The summed E-state index contributed by atoms with van der Waals surface area (Å²) in [7, 11) is 1.26. The van der Waals surface area contributed by atoms with Crippen LogP contribution < -0.4 is 9.64 Å². The maximum absolute atomic E-state index is 12.8. The van der Waals surface area contributed by atoms with Crippen molar-refractivity contribution in [2.75, 3.05) is 18.6 Å². The number of anilines is 1. The molecular formula is C22H19NO8. The molecule has 0 radical (unpaired) electrons. The summed E-state index contributed by atoms with van der Waals surface area (Å²) in [5.41, 5.74) is 1.08. The third-order valence-corrected chi connectivity index (χ3v) is 4.71. The van der Waals surface area contributed by atoms with Gasteiger partial charge in [-0.2, -0.15) is 0 Å². The molecule has 0 bridgehead atoms. The van der Waals surface area contributed by atoms with E-state index < -0.39 is 42.0 Å². The predicted molar refractivity (Wildman–Crippen MR) is 108 cm³/mol. The first kappa shape index (κ1) is 21.6. The average molecular weight is 425 g/mol. The zero-order valence-electron chi connectivity index (χ0n) is 16.7. The average Bonchev–Trinajstić information content (AvgIpc) is 3.03. The number of aliphatic hydroxyl groups excluding tert-OH is 1. The molecule has 0 aliphatic carbocycles. The zero-order valence-corrected chi connectivity index (χ0v) is 16.7. The molecule has 2 N–H and O–H groups in total. The number of Topliss-reactive ketones (excluding diaryl/α,β-unsaturated/α-hetero) is 1. The van der Waals surface area contributed by atoms with E-state index in [1.807, 2.05) is 0 Å². The molecule has 1 aliphatic rings. The Morgan fingerprint density at radius 2 is 1.65 bits per heavy atom. The Labute approximate surface area is 177 Å². The monoisotopic (exact) mass is 425 g/mol. The first-order chi connectivity index (χ1) is 14.7. The van der Waals surface area contributed by atoms with E-state index in [0.29, 0.717) is 16.8 Å². The van der Waals surface area contributed by atoms with Crippen molar-refractivity contribution in [1.29, 1.82) is 0 Å². The van der Waals surface area contributed by atoms with Gasteiger partial charge in [-0.25, -0.2) is 9.59 Å². The SMILES string of the molecule is COC(=O)c1ccc([C@@H]2C(C(C)=O)=C(O)C(=O)N2c2ccc(OCC(=O)O)cc2)cc1. The minimum absolute atomic E-state index is 0.0676. The quantitative estimate of drug-likeness (QED) is 0.647. The molecule has 2 aromatic carbocycles. The number of esters is 1. The van der Waals surface area contributed by atoms with E-state index in [1.54, 1.807) is 12.1 Å². The molecule has 0 saturated heterocycles. The molecule has 0 fully saturated rings. The van der Waals surface area contributed by atoms with Crippen LogP contribution in [0.5, 0.6) is 5.75 Å². The van der Waals surface area contributed by atoms with Crippen LogP contribution >= 0.6 is 0 Å². The molecule has 0 spiro atoms. The van der Waals surface area contributed by atoms with Gasteiger partial charge in [-0.3, -0.25) is 14.5 Å². The van der Waals surface area contributed by atoms with Crippen molar-refractivity contribution < 1.29 is 38.9 Å². The number of carbonyl (C=O) groups is 4. The van der Waals surface area contributed by atoms with E-state index in [2.05, 4.69) is 4.74 Å². The molecule has 1 atom stereocenters. The molecule has 0 aromatic heterocycles. The van der Waals surface area contributed by atoms with Gasteiger partial charge >= 0.3 is 11.9 Å². The van der Waals surface area contributed by atoms with Crippen molar-refractivity contribution in [2.24, 2.45) is 0 Å². The molecule has 31 heavy (non-hydrogen) atoms. The fraction of sp³-hybridized carbons (Fsp3) is 0.182. The van der Waals surface area contributed by atoms with Crippen LogP contribution in [0.3, 0.4) is 0 Å². The minimum atomic E-state index is -1.13. The van der Waals surface area contributed by atoms with Gasteiger partial charge in [0, 0.05) is 5.69 Å². The van der Waals surface area contributed by atoms with Gasteiger partial charge in [0.15, 0.2) is 18.1 Å². The molecule has 1 heterocycles.